The molecule has 122 valence electrons. The molecule has 1 amide bonds. The van der Waals surface area contributed by atoms with E-state index in [1.165, 1.54) is 0 Å². The molecule has 24 heavy (non-hydrogen) atoms. The van der Waals surface area contributed by atoms with Gasteiger partial charge in [0.05, 0.1) is 7.11 Å². The zero-order chi connectivity index (χ0) is 16.9. The molecule has 4 heteroatoms. The van der Waals surface area contributed by atoms with Crippen LogP contribution in [0.3, 0.4) is 0 Å². The van der Waals surface area contributed by atoms with Gasteiger partial charge in [-0.25, -0.2) is 0 Å². The molecular formula is C20H20N2O2. The fraction of sp³-hybridized carbons (Fsp3) is 0.150. The number of primary amides is 1. The normalized spacial score (nSPS) is 12.0. The first-order chi connectivity index (χ1) is 11.7. The number of hydrogen-bond donors (Lipinski definition) is 2. The van der Waals surface area contributed by atoms with Crippen molar-refractivity contribution in [2.45, 2.75) is 12.6 Å². The number of benzene rings is 3. The second-order valence-corrected chi connectivity index (χ2v) is 5.60. The van der Waals surface area contributed by atoms with Crippen LogP contribution in [-0.4, -0.2) is 13.0 Å². The van der Waals surface area contributed by atoms with Gasteiger partial charge in [0.2, 0.25) is 5.91 Å². The first kappa shape index (κ1) is 16.0. The van der Waals surface area contributed by atoms with Crippen molar-refractivity contribution in [2.75, 3.05) is 7.11 Å². The van der Waals surface area contributed by atoms with Crippen molar-refractivity contribution >= 4 is 16.7 Å². The maximum Gasteiger partial charge on any atom is 0.239 e. The lowest BCUT2D eigenvalue weighted by atomic mass is 9.97. The van der Waals surface area contributed by atoms with Gasteiger partial charge in [-0.2, -0.15) is 0 Å². The molecule has 3 N–H and O–H groups in total. The summed E-state index contributed by atoms with van der Waals surface area (Å²) in [6.45, 7) is 0.564. The summed E-state index contributed by atoms with van der Waals surface area (Å²) in [4.78, 5) is 12.0. The molecule has 0 aliphatic carbocycles. The highest BCUT2D eigenvalue weighted by molar-refractivity contribution is 5.95. The number of rotatable bonds is 6. The van der Waals surface area contributed by atoms with Crippen LogP contribution in [0.4, 0.5) is 0 Å². The van der Waals surface area contributed by atoms with Crippen molar-refractivity contribution in [3.05, 3.63) is 77.9 Å². The van der Waals surface area contributed by atoms with Crippen molar-refractivity contribution < 1.29 is 9.53 Å². The Balaban J connectivity index is 1.97. The second-order valence-electron chi connectivity index (χ2n) is 5.60. The molecule has 1 unspecified atom stereocenters. The van der Waals surface area contributed by atoms with Gasteiger partial charge >= 0.3 is 0 Å². The molecule has 0 spiro atoms. The smallest absolute Gasteiger partial charge is 0.239 e. The molecule has 3 aromatic rings. The fourth-order valence-corrected chi connectivity index (χ4v) is 2.90. The lowest BCUT2D eigenvalue weighted by Crippen LogP contribution is -2.33. The van der Waals surface area contributed by atoms with Gasteiger partial charge in [0.1, 0.15) is 11.8 Å². The van der Waals surface area contributed by atoms with Crippen LogP contribution in [-0.2, 0) is 11.3 Å². The highest BCUT2D eigenvalue weighted by Crippen LogP contribution is 2.31. The number of carbonyl (C=O) groups excluding carboxylic acids is 1. The van der Waals surface area contributed by atoms with Crippen molar-refractivity contribution in [3.8, 4) is 5.75 Å². The lowest BCUT2D eigenvalue weighted by molar-refractivity contribution is -0.120. The van der Waals surface area contributed by atoms with E-state index in [9.17, 15) is 4.79 Å². The van der Waals surface area contributed by atoms with Crippen LogP contribution in [0.1, 0.15) is 17.2 Å². The van der Waals surface area contributed by atoms with Gasteiger partial charge in [0.25, 0.3) is 0 Å². The van der Waals surface area contributed by atoms with Crippen LogP contribution >= 0.6 is 0 Å². The molecule has 0 saturated carbocycles. The Hall–Kier alpha value is -2.85. The van der Waals surface area contributed by atoms with E-state index in [0.717, 1.165) is 27.6 Å². The van der Waals surface area contributed by atoms with Crippen molar-refractivity contribution in [2.24, 2.45) is 5.73 Å². The number of fused-ring (bicyclic) bond motifs is 1. The van der Waals surface area contributed by atoms with E-state index in [1.807, 2.05) is 66.7 Å². The third kappa shape index (κ3) is 3.24. The number of nitrogens with two attached hydrogens (primary N) is 1. The summed E-state index contributed by atoms with van der Waals surface area (Å²) in [5.74, 6) is 0.377. The number of ether oxygens (including phenoxy) is 1. The number of amides is 1. The number of hydrogen-bond acceptors (Lipinski definition) is 3. The summed E-state index contributed by atoms with van der Waals surface area (Å²) >= 11 is 0. The minimum Gasteiger partial charge on any atom is -0.496 e. The van der Waals surface area contributed by atoms with E-state index in [-0.39, 0.29) is 0 Å². The Morgan fingerprint density at radius 3 is 2.33 bits per heavy atom. The van der Waals surface area contributed by atoms with Crippen molar-refractivity contribution in [1.29, 1.82) is 0 Å². The van der Waals surface area contributed by atoms with Crippen LogP contribution in [0.15, 0.2) is 66.7 Å². The number of carbonyl (C=O) groups is 1. The average Bonchev–Trinajstić information content (AvgIpc) is 2.62. The summed E-state index contributed by atoms with van der Waals surface area (Å²) < 4.78 is 5.42. The van der Waals surface area contributed by atoms with E-state index in [2.05, 4.69) is 5.32 Å². The predicted octanol–water partition coefficient (Wildman–Crippen LogP) is 3.16. The van der Waals surface area contributed by atoms with E-state index >= 15 is 0 Å². The highest BCUT2D eigenvalue weighted by atomic mass is 16.5. The SMILES string of the molecule is COc1ccc(C(NCc2ccccc2)C(N)=O)c2ccccc12. The van der Waals surface area contributed by atoms with Gasteiger partial charge in [-0.1, -0.05) is 60.7 Å². The summed E-state index contributed by atoms with van der Waals surface area (Å²) in [5, 5.41) is 5.19. The van der Waals surface area contributed by atoms with Crippen LogP contribution in [0, 0.1) is 0 Å². The molecular weight excluding hydrogens is 300 g/mol. The van der Waals surface area contributed by atoms with Gasteiger partial charge in [-0.05, 0) is 22.6 Å². The topological polar surface area (TPSA) is 64.3 Å². The Kier molecular flexibility index (Phi) is 4.77. The molecule has 0 bridgehead atoms. The van der Waals surface area contributed by atoms with Gasteiger partial charge < -0.3 is 10.5 Å². The summed E-state index contributed by atoms with van der Waals surface area (Å²) in [6.07, 6.45) is 0. The average molecular weight is 320 g/mol. The quantitative estimate of drug-likeness (QED) is 0.733. The van der Waals surface area contributed by atoms with Gasteiger partial charge in [-0.3, -0.25) is 10.1 Å². The first-order valence-corrected chi connectivity index (χ1v) is 7.83. The van der Waals surface area contributed by atoms with Crippen LogP contribution in [0.2, 0.25) is 0 Å². The molecule has 3 aromatic carbocycles. The Morgan fingerprint density at radius 1 is 1.00 bits per heavy atom. The maximum atomic E-state index is 12.0. The van der Waals surface area contributed by atoms with Crippen molar-refractivity contribution in [1.82, 2.24) is 5.32 Å². The second kappa shape index (κ2) is 7.15. The molecule has 0 aromatic heterocycles. The molecule has 0 aliphatic rings. The molecule has 3 rings (SSSR count). The third-order valence-corrected chi connectivity index (χ3v) is 4.09. The van der Waals surface area contributed by atoms with E-state index in [0.29, 0.717) is 6.54 Å². The molecule has 0 radical (unpaired) electrons. The van der Waals surface area contributed by atoms with Crippen LogP contribution in [0.25, 0.3) is 10.8 Å². The van der Waals surface area contributed by atoms with Crippen molar-refractivity contribution in [3.63, 3.8) is 0 Å². The van der Waals surface area contributed by atoms with Gasteiger partial charge in [0, 0.05) is 11.9 Å². The Labute approximate surface area is 141 Å². The minimum absolute atomic E-state index is 0.402. The zero-order valence-electron chi connectivity index (χ0n) is 13.5. The highest BCUT2D eigenvalue weighted by Gasteiger charge is 2.20. The summed E-state index contributed by atoms with van der Waals surface area (Å²) in [5.41, 5.74) is 7.62. The molecule has 0 aliphatic heterocycles. The largest absolute Gasteiger partial charge is 0.496 e. The first-order valence-electron chi connectivity index (χ1n) is 7.83. The predicted molar refractivity (Wildman–Crippen MR) is 95.7 cm³/mol. The summed E-state index contributed by atoms with van der Waals surface area (Å²) in [6, 6.07) is 21.0. The standard InChI is InChI=1S/C20H20N2O2/c1-24-18-12-11-17(15-9-5-6-10-16(15)18)19(20(21)23)22-13-14-7-3-2-4-8-14/h2-12,19,22H,13H2,1H3,(H2,21,23). The van der Waals surface area contributed by atoms with Gasteiger partial charge in [0.15, 0.2) is 0 Å². The van der Waals surface area contributed by atoms with Gasteiger partial charge in [-0.15, -0.1) is 0 Å². The number of nitrogens with one attached hydrogen (secondary N) is 1. The molecule has 1 atom stereocenters. The molecule has 0 fully saturated rings. The third-order valence-electron chi connectivity index (χ3n) is 4.09. The number of methoxy groups -OCH3 is 1. The monoisotopic (exact) mass is 320 g/mol. The molecule has 0 saturated heterocycles. The van der Waals surface area contributed by atoms with E-state index in [4.69, 9.17) is 10.5 Å². The maximum absolute atomic E-state index is 12.0. The lowest BCUT2D eigenvalue weighted by Gasteiger charge is -2.19. The van der Waals surface area contributed by atoms with Crippen LogP contribution in [0.5, 0.6) is 5.75 Å². The summed E-state index contributed by atoms with van der Waals surface area (Å²) in [7, 11) is 1.64. The Bertz CT molecular complexity index is 847. The van der Waals surface area contributed by atoms with Crippen LogP contribution < -0.4 is 15.8 Å². The van der Waals surface area contributed by atoms with E-state index < -0.39 is 11.9 Å². The Morgan fingerprint density at radius 2 is 1.67 bits per heavy atom. The molecule has 0 heterocycles. The zero-order valence-corrected chi connectivity index (χ0v) is 13.5. The molecule has 4 nitrogen and oxygen atoms in total. The fourth-order valence-electron chi connectivity index (χ4n) is 2.90. The van der Waals surface area contributed by atoms with E-state index in [1.54, 1.807) is 7.11 Å². The minimum atomic E-state index is -0.569.